The quantitative estimate of drug-likeness (QED) is 0.857. The Balaban J connectivity index is 2.91. The highest BCUT2D eigenvalue weighted by atomic mass is 16.4. The molecule has 0 bridgehead atoms. The molecule has 1 aromatic rings. The average Bonchev–Trinajstić information content (AvgIpc) is 2.37. The zero-order valence-electron chi connectivity index (χ0n) is 11.7. The van der Waals surface area contributed by atoms with Crippen LogP contribution in [0, 0.1) is 6.92 Å². The summed E-state index contributed by atoms with van der Waals surface area (Å²) >= 11 is 0. The monoisotopic (exact) mass is 263 g/mol. The lowest BCUT2D eigenvalue weighted by atomic mass is 9.94. The summed E-state index contributed by atoms with van der Waals surface area (Å²) < 4.78 is 0. The van der Waals surface area contributed by atoms with Crippen molar-refractivity contribution in [1.29, 1.82) is 0 Å². The minimum atomic E-state index is -0.953. The lowest BCUT2D eigenvalue weighted by molar-refractivity contribution is -0.142. The van der Waals surface area contributed by atoms with Crippen molar-refractivity contribution in [1.82, 2.24) is 4.90 Å². The van der Waals surface area contributed by atoms with Crippen LogP contribution in [0.1, 0.15) is 37.3 Å². The first kappa shape index (κ1) is 15.2. The molecule has 104 valence electrons. The zero-order chi connectivity index (χ0) is 14.4. The number of amides is 1. The molecule has 1 aromatic carbocycles. The number of aliphatic carboxylic acids is 1. The number of hydrogen-bond acceptors (Lipinski definition) is 2. The van der Waals surface area contributed by atoms with Crippen molar-refractivity contribution in [3.63, 3.8) is 0 Å². The number of carbonyl (C=O) groups excluding carboxylic acids is 1. The van der Waals surface area contributed by atoms with E-state index in [1.165, 1.54) is 0 Å². The molecule has 0 radical (unpaired) electrons. The van der Waals surface area contributed by atoms with Crippen LogP contribution < -0.4 is 0 Å². The van der Waals surface area contributed by atoms with Crippen LogP contribution in [0.4, 0.5) is 0 Å². The molecule has 4 heteroatoms. The predicted molar refractivity (Wildman–Crippen MR) is 74.1 cm³/mol. The van der Waals surface area contributed by atoms with E-state index >= 15 is 0 Å². The van der Waals surface area contributed by atoms with E-state index in [1.54, 1.807) is 11.0 Å². The van der Waals surface area contributed by atoms with Crippen molar-refractivity contribution >= 4 is 11.9 Å². The fourth-order valence-electron chi connectivity index (χ4n) is 2.11. The fourth-order valence-corrected chi connectivity index (χ4v) is 2.11. The largest absolute Gasteiger partial charge is 0.481 e. The molecule has 0 saturated carbocycles. The second-order valence-corrected chi connectivity index (χ2v) is 4.58. The molecular formula is C15H21NO3. The number of carboxylic acid groups (broad SMARTS) is 1. The number of benzene rings is 1. The first-order valence-electron chi connectivity index (χ1n) is 6.56. The van der Waals surface area contributed by atoms with Gasteiger partial charge < -0.3 is 10.0 Å². The van der Waals surface area contributed by atoms with Crippen LogP contribution in [-0.4, -0.2) is 35.0 Å². The van der Waals surface area contributed by atoms with Crippen LogP contribution in [0.15, 0.2) is 24.3 Å². The summed E-state index contributed by atoms with van der Waals surface area (Å²) in [5, 5.41) is 9.32. The van der Waals surface area contributed by atoms with E-state index in [0.29, 0.717) is 18.7 Å². The molecule has 0 fully saturated rings. The van der Waals surface area contributed by atoms with Gasteiger partial charge in [-0.1, -0.05) is 29.8 Å². The van der Waals surface area contributed by atoms with Gasteiger partial charge in [0.15, 0.2) is 0 Å². The molecule has 1 atom stereocenters. The average molecular weight is 263 g/mol. The second kappa shape index (κ2) is 6.92. The van der Waals surface area contributed by atoms with Crippen LogP contribution in [0.3, 0.4) is 0 Å². The molecule has 4 nitrogen and oxygen atoms in total. The minimum absolute atomic E-state index is 0.0144. The SMILES string of the molecule is CCN(CC)C(=O)CC(C(=O)O)c1cccc(C)c1. The van der Waals surface area contributed by atoms with Gasteiger partial charge in [0.1, 0.15) is 0 Å². The maximum absolute atomic E-state index is 12.0. The summed E-state index contributed by atoms with van der Waals surface area (Å²) in [5.41, 5.74) is 1.69. The van der Waals surface area contributed by atoms with E-state index in [9.17, 15) is 14.7 Å². The van der Waals surface area contributed by atoms with Crippen LogP contribution in [-0.2, 0) is 9.59 Å². The molecule has 19 heavy (non-hydrogen) atoms. The summed E-state index contributed by atoms with van der Waals surface area (Å²) in [4.78, 5) is 25.1. The normalized spacial score (nSPS) is 11.9. The van der Waals surface area contributed by atoms with Crippen LogP contribution in [0.2, 0.25) is 0 Å². The Morgan fingerprint density at radius 1 is 1.26 bits per heavy atom. The van der Waals surface area contributed by atoms with Crippen molar-refractivity contribution in [2.45, 2.75) is 33.1 Å². The minimum Gasteiger partial charge on any atom is -0.481 e. The summed E-state index contributed by atoms with van der Waals surface area (Å²) in [6.07, 6.45) is 0.0144. The Morgan fingerprint density at radius 3 is 2.37 bits per heavy atom. The number of carbonyl (C=O) groups is 2. The van der Waals surface area contributed by atoms with Gasteiger partial charge in [-0.05, 0) is 26.3 Å². The molecule has 0 heterocycles. The first-order chi connectivity index (χ1) is 8.99. The van der Waals surface area contributed by atoms with Gasteiger partial charge in [0.05, 0.1) is 5.92 Å². The molecule has 1 amide bonds. The predicted octanol–water partition coefficient (Wildman–Crippen LogP) is 2.42. The molecule has 0 saturated heterocycles. The summed E-state index contributed by atoms with van der Waals surface area (Å²) in [6, 6.07) is 7.33. The Bertz CT molecular complexity index is 452. The van der Waals surface area contributed by atoms with Gasteiger partial charge in [-0.15, -0.1) is 0 Å². The van der Waals surface area contributed by atoms with E-state index in [0.717, 1.165) is 5.56 Å². The van der Waals surface area contributed by atoms with Crippen LogP contribution in [0.25, 0.3) is 0 Å². The van der Waals surface area contributed by atoms with Gasteiger partial charge in [-0.25, -0.2) is 0 Å². The molecule has 0 aliphatic heterocycles. The van der Waals surface area contributed by atoms with Gasteiger partial charge in [0, 0.05) is 19.5 Å². The van der Waals surface area contributed by atoms with Gasteiger partial charge in [-0.2, -0.15) is 0 Å². The van der Waals surface area contributed by atoms with E-state index in [1.807, 2.05) is 39.0 Å². The van der Waals surface area contributed by atoms with Crippen LogP contribution >= 0.6 is 0 Å². The Hall–Kier alpha value is -1.84. The highest BCUT2D eigenvalue weighted by Crippen LogP contribution is 2.22. The topological polar surface area (TPSA) is 57.6 Å². The van der Waals surface area contributed by atoms with E-state index in [4.69, 9.17) is 0 Å². The van der Waals surface area contributed by atoms with Crippen molar-refractivity contribution in [3.8, 4) is 0 Å². The Morgan fingerprint density at radius 2 is 1.89 bits per heavy atom. The van der Waals surface area contributed by atoms with Crippen molar-refractivity contribution in [3.05, 3.63) is 35.4 Å². The van der Waals surface area contributed by atoms with Gasteiger partial charge >= 0.3 is 5.97 Å². The molecular weight excluding hydrogens is 242 g/mol. The van der Waals surface area contributed by atoms with Gasteiger partial charge in [0.2, 0.25) is 5.91 Å². The number of carboxylic acids is 1. The number of hydrogen-bond donors (Lipinski definition) is 1. The van der Waals surface area contributed by atoms with Gasteiger partial charge in [0.25, 0.3) is 0 Å². The lowest BCUT2D eigenvalue weighted by Gasteiger charge is -2.21. The van der Waals surface area contributed by atoms with Crippen LogP contribution in [0.5, 0.6) is 0 Å². The Kier molecular flexibility index (Phi) is 5.55. The third kappa shape index (κ3) is 4.09. The molecule has 0 spiro atoms. The highest BCUT2D eigenvalue weighted by molar-refractivity contribution is 5.85. The maximum atomic E-state index is 12.0. The van der Waals surface area contributed by atoms with Crippen molar-refractivity contribution in [2.24, 2.45) is 0 Å². The Labute approximate surface area is 114 Å². The fraction of sp³-hybridized carbons (Fsp3) is 0.467. The summed E-state index contributed by atoms with van der Waals surface area (Å²) in [5.74, 6) is -1.84. The van der Waals surface area contributed by atoms with Crippen molar-refractivity contribution in [2.75, 3.05) is 13.1 Å². The number of nitrogens with zero attached hydrogens (tertiary/aromatic N) is 1. The van der Waals surface area contributed by atoms with E-state index < -0.39 is 11.9 Å². The number of rotatable bonds is 6. The molecule has 0 aliphatic carbocycles. The standard InChI is InChI=1S/C15H21NO3/c1-4-16(5-2)14(17)10-13(15(18)19)12-8-6-7-11(3)9-12/h6-9,13H,4-5,10H2,1-3H3,(H,18,19). The third-order valence-electron chi connectivity index (χ3n) is 3.24. The maximum Gasteiger partial charge on any atom is 0.311 e. The van der Waals surface area contributed by atoms with E-state index in [2.05, 4.69) is 0 Å². The zero-order valence-corrected chi connectivity index (χ0v) is 11.7. The lowest BCUT2D eigenvalue weighted by Crippen LogP contribution is -2.32. The molecule has 0 aliphatic rings. The molecule has 0 aromatic heterocycles. The number of aryl methyl sites for hydroxylation is 1. The smallest absolute Gasteiger partial charge is 0.311 e. The summed E-state index contributed by atoms with van der Waals surface area (Å²) in [7, 11) is 0. The molecule has 1 N–H and O–H groups in total. The first-order valence-corrected chi connectivity index (χ1v) is 6.56. The molecule has 1 unspecified atom stereocenters. The third-order valence-corrected chi connectivity index (χ3v) is 3.24. The van der Waals surface area contributed by atoms with Gasteiger partial charge in [-0.3, -0.25) is 9.59 Å². The van der Waals surface area contributed by atoms with Crippen molar-refractivity contribution < 1.29 is 14.7 Å². The highest BCUT2D eigenvalue weighted by Gasteiger charge is 2.25. The second-order valence-electron chi connectivity index (χ2n) is 4.58. The summed E-state index contributed by atoms with van der Waals surface area (Å²) in [6.45, 7) is 6.91. The molecule has 1 rings (SSSR count). The van der Waals surface area contributed by atoms with E-state index in [-0.39, 0.29) is 12.3 Å².